The standard InChI is InChI=1S/C7H7F.C6H12N2O.C2H6O/c1-6-3-2-4-7(8)5-6;1-6(5-9)3-2-4-8(6)7;1-3-2/h2-5H,1H3;5H,2-4,7H2,1H3;1-2H3/t;6-;/m.0./s1. The molecule has 1 saturated heterocycles. The van der Waals surface area contributed by atoms with E-state index < -0.39 is 0 Å². The third-order valence-electron chi connectivity index (χ3n) is 2.97. The normalized spacial score (nSPS) is 21.3. The predicted octanol–water partition coefficient (Wildman–Crippen LogP) is 2.31. The Balaban J connectivity index is 0.000000304. The largest absolute Gasteiger partial charge is 0.388 e. The minimum Gasteiger partial charge on any atom is -0.388 e. The zero-order valence-electron chi connectivity index (χ0n) is 12.7. The predicted molar refractivity (Wildman–Crippen MR) is 78.7 cm³/mol. The number of aldehydes is 1. The summed E-state index contributed by atoms with van der Waals surface area (Å²) >= 11 is 0. The number of carbonyl (C=O) groups excluding carboxylic acids is 1. The average Bonchev–Trinajstić information content (AvgIpc) is 2.72. The number of hydrogen-bond donors (Lipinski definition) is 1. The number of rotatable bonds is 1. The van der Waals surface area contributed by atoms with Gasteiger partial charge in [-0.2, -0.15) is 0 Å². The van der Waals surface area contributed by atoms with E-state index in [9.17, 15) is 9.18 Å². The Morgan fingerprint density at radius 1 is 1.45 bits per heavy atom. The summed E-state index contributed by atoms with van der Waals surface area (Å²) in [6.45, 7) is 4.57. The van der Waals surface area contributed by atoms with Crippen molar-refractivity contribution in [3.8, 4) is 0 Å². The molecule has 114 valence electrons. The number of ether oxygens (including phenoxy) is 1. The van der Waals surface area contributed by atoms with Crippen LogP contribution in [0.1, 0.15) is 25.3 Å². The first-order valence-corrected chi connectivity index (χ1v) is 6.50. The summed E-state index contributed by atoms with van der Waals surface area (Å²) in [5, 5.41) is 1.61. The number of hydrogen-bond acceptors (Lipinski definition) is 4. The highest BCUT2D eigenvalue weighted by molar-refractivity contribution is 5.63. The molecule has 5 heteroatoms. The summed E-state index contributed by atoms with van der Waals surface area (Å²) < 4.78 is 16.4. The zero-order chi connectivity index (χ0) is 15.6. The van der Waals surface area contributed by atoms with Gasteiger partial charge in [0, 0.05) is 20.8 Å². The summed E-state index contributed by atoms with van der Waals surface area (Å²) in [7, 11) is 3.25. The van der Waals surface area contributed by atoms with Gasteiger partial charge in [0.15, 0.2) is 0 Å². The number of methoxy groups -OCH3 is 1. The lowest BCUT2D eigenvalue weighted by Gasteiger charge is -2.24. The van der Waals surface area contributed by atoms with Crippen LogP contribution in [0, 0.1) is 12.7 Å². The highest BCUT2D eigenvalue weighted by Crippen LogP contribution is 2.22. The Hall–Kier alpha value is -1.30. The van der Waals surface area contributed by atoms with E-state index in [4.69, 9.17) is 5.84 Å². The number of carbonyl (C=O) groups is 1. The van der Waals surface area contributed by atoms with Crippen LogP contribution in [0.4, 0.5) is 4.39 Å². The van der Waals surface area contributed by atoms with Crippen LogP contribution in [0.2, 0.25) is 0 Å². The van der Waals surface area contributed by atoms with Crippen molar-refractivity contribution in [2.75, 3.05) is 20.8 Å². The van der Waals surface area contributed by atoms with E-state index in [2.05, 4.69) is 4.74 Å². The van der Waals surface area contributed by atoms with Crippen molar-refractivity contribution < 1.29 is 13.9 Å². The van der Waals surface area contributed by atoms with Crippen LogP contribution in [0.15, 0.2) is 24.3 Å². The van der Waals surface area contributed by atoms with E-state index in [-0.39, 0.29) is 11.4 Å². The van der Waals surface area contributed by atoms with Gasteiger partial charge in [-0.1, -0.05) is 12.1 Å². The number of nitrogens with zero attached hydrogens (tertiary/aromatic N) is 1. The van der Waals surface area contributed by atoms with Crippen molar-refractivity contribution >= 4 is 6.29 Å². The topological polar surface area (TPSA) is 55.6 Å². The van der Waals surface area contributed by atoms with Crippen molar-refractivity contribution in [2.45, 2.75) is 32.2 Å². The van der Waals surface area contributed by atoms with E-state index in [0.717, 1.165) is 31.2 Å². The summed E-state index contributed by atoms with van der Waals surface area (Å²) in [5.74, 6) is 5.36. The molecule has 2 N–H and O–H groups in total. The van der Waals surface area contributed by atoms with Crippen LogP contribution in [0.25, 0.3) is 0 Å². The van der Waals surface area contributed by atoms with Gasteiger partial charge in [-0.05, 0) is 44.4 Å². The van der Waals surface area contributed by atoms with Crippen LogP contribution in [0.5, 0.6) is 0 Å². The molecule has 1 fully saturated rings. The fourth-order valence-electron chi connectivity index (χ4n) is 1.74. The minimum absolute atomic E-state index is 0.162. The van der Waals surface area contributed by atoms with E-state index in [1.54, 1.807) is 25.3 Å². The maximum absolute atomic E-state index is 12.2. The molecule has 0 unspecified atom stereocenters. The van der Waals surface area contributed by atoms with Gasteiger partial charge in [-0.25, -0.2) is 9.40 Å². The summed E-state index contributed by atoms with van der Waals surface area (Å²) in [5.41, 5.74) is 0.588. The lowest BCUT2D eigenvalue weighted by molar-refractivity contribution is -0.116. The molecule has 1 atom stereocenters. The molecule has 0 amide bonds. The maximum Gasteiger partial charge on any atom is 0.141 e. The highest BCUT2D eigenvalue weighted by Gasteiger charge is 2.33. The van der Waals surface area contributed by atoms with Crippen LogP contribution in [-0.4, -0.2) is 37.6 Å². The van der Waals surface area contributed by atoms with E-state index in [0.29, 0.717) is 0 Å². The second kappa shape index (κ2) is 9.58. The average molecular weight is 284 g/mol. The smallest absolute Gasteiger partial charge is 0.141 e. The Morgan fingerprint density at radius 2 is 2.05 bits per heavy atom. The lowest BCUT2D eigenvalue weighted by Crippen LogP contribution is -2.46. The molecule has 1 aromatic carbocycles. The fraction of sp³-hybridized carbons (Fsp3) is 0.533. The van der Waals surface area contributed by atoms with Gasteiger partial charge in [0.05, 0.1) is 5.54 Å². The first-order chi connectivity index (χ1) is 9.39. The van der Waals surface area contributed by atoms with E-state index >= 15 is 0 Å². The molecule has 0 radical (unpaired) electrons. The van der Waals surface area contributed by atoms with Gasteiger partial charge in [0.1, 0.15) is 12.1 Å². The summed E-state index contributed by atoms with van der Waals surface area (Å²) in [6.07, 6.45) is 2.86. The molecule has 1 aliphatic rings. The van der Waals surface area contributed by atoms with Crippen molar-refractivity contribution in [1.29, 1.82) is 0 Å². The molecule has 1 aromatic rings. The van der Waals surface area contributed by atoms with Gasteiger partial charge in [0.2, 0.25) is 0 Å². The number of aryl methyl sites for hydroxylation is 1. The molecule has 1 aliphatic heterocycles. The Bertz CT molecular complexity index is 384. The van der Waals surface area contributed by atoms with Crippen molar-refractivity contribution in [1.82, 2.24) is 5.01 Å². The number of halogens is 1. The number of benzene rings is 1. The Kier molecular flexibility index (Phi) is 8.96. The minimum atomic E-state index is -0.375. The Morgan fingerprint density at radius 3 is 2.30 bits per heavy atom. The third kappa shape index (κ3) is 6.75. The van der Waals surface area contributed by atoms with E-state index in [1.807, 2.05) is 19.9 Å². The third-order valence-corrected chi connectivity index (χ3v) is 2.97. The highest BCUT2D eigenvalue weighted by atomic mass is 19.1. The van der Waals surface area contributed by atoms with Crippen molar-refractivity contribution in [3.63, 3.8) is 0 Å². The molecule has 4 nitrogen and oxygen atoms in total. The van der Waals surface area contributed by atoms with Crippen LogP contribution in [-0.2, 0) is 9.53 Å². The molecule has 0 spiro atoms. The van der Waals surface area contributed by atoms with Gasteiger partial charge >= 0.3 is 0 Å². The van der Waals surface area contributed by atoms with E-state index in [1.165, 1.54) is 12.1 Å². The van der Waals surface area contributed by atoms with Gasteiger partial charge < -0.3 is 9.53 Å². The molecule has 0 aliphatic carbocycles. The van der Waals surface area contributed by atoms with Crippen molar-refractivity contribution in [2.24, 2.45) is 5.84 Å². The monoisotopic (exact) mass is 284 g/mol. The second-order valence-electron chi connectivity index (χ2n) is 4.98. The van der Waals surface area contributed by atoms with Crippen LogP contribution < -0.4 is 5.84 Å². The van der Waals surface area contributed by atoms with Crippen molar-refractivity contribution in [3.05, 3.63) is 35.6 Å². The van der Waals surface area contributed by atoms with Gasteiger partial charge in [-0.3, -0.25) is 5.84 Å². The quantitative estimate of drug-likeness (QED) is 0.635. The first-order valence-electron chi connectivity index (χ1n) is 6.50. The molecule has 0 aromatic heterocycles. The molecular weight excluding hydrogens is 259 g/mol. The fourth-order valence-corrected chi connectivity index (χ4v) is 1.74. The molecule has 20 heavy (non-hydrogen) atoms. The zero-order valence-corrected chi connectivity index (χ0v) is 12.7. The first kappa shape index (κ1) is 18.7. The molecule has 2 rings (SSSR count). The summed E-state index contributed by atoms with van der Waals surface area (Å²) in [4.78, 5) is 10.4. The number of nitrogens with two attached hydrogens (primary N) is 1. The lowest BCUT2D eigenvalue weighted by atomic mass is 10.0. The Labute approximate surface area is 120 Å². The molecule has 1 heterocycles. The van der Waals surface area contributed by atoms with Gasteiger partial charge in [-0.15, -0.1) is 0 Å². The summed E-state index contributed by atoms with van der Waals surface area (Å²) in [6, 6.07) is 6.50. The molecule has 0 bridgehead atoms. The van der Waals surface area contributed by atoms with Gasteiger partial charge in [0.25, 0.3) is 0 Å². The number of hydrazine groups is 1. The SMILES string of the molecule is COC.C[C@@]1(C=O)CCCN1N.Cc1cccc(F)c1. The second-order valence-corrected chi connectivity index (χ2v) is 4.98. The maximum atomic E-state index is 12.2. The molecule has 0 saturated carbocycles. The van der Waals surface area contributed by atoms with Crippen LogP contribution >= 0.6 is 0 Å². The molecular formula is C15H25FN2O2. The van der Waals surface area contributed by atoms with Crippen LogP contribution in [0.3, 0.4) is 0 Å².